The van der Waals surface area contributed by atoms with Crippen LogP contribution in [-0.2, 0) is 15.8 Å². The number of alkyl halides is 3. The number of carbonyl (C=O) groups is 2. The van der Waals surface area contributed by atoms with Crippen molar-refractivity contribution in [2.45, 2.75) is 46.2 Å². The molecule has 1 aliphatic rings. The molecule has 1 unspecified atom stereocenters. The van der Waals surface area contributed by atoms with E-state index in [1.807, 2.05) is 19.9 Å². The quantitative estimate of drug-likeness (QED) is 0.563. The Bertz CT molecular complexity index is 1020. The number of benzene rings is 2. The molecule has 0 fully saturated rings. The van der Waals surface area contributed by atoms with Crippen molar-refractivity contribution < 1.29 is 22.8 Å². The van der Waals surface area contributed by atoms with Gasteiger partial charge < -0.3 is 0 Å². The lowest BCUT2D eigenvalue weighted by atomic mass is 9.95. The van der Waals surface area contributed by atoms with Crippen molar-refractivity contribution in [3.8, 4) is 0 Å². The SMILES string of the molecule is CCC(=O)N/N=C(/C)C1C(=O)N(c2cc(C)cc(C)c2)c2cc(C(F)(F)F)ccc21. The van der Waals surface area contributed by atoms with Crippen LogP contribution in [0.4, 0.5) is 24.5 Å². The Hall–Kier alpha value is -3.16. The fourth-order valence-corrected chi connectivity index (χ4v) is 3.58. The van der Waals surface area contributed by atoms with Gasteiger partial charge in [-0.3, -0.25) is 14.5 Å². The second-order valence-corrected chi connectivity index (χ2v) is 7.37. The summed E-state index contributed by atoms with van der Waals surface area (Å²) in [6.07, 6.45) is -4.32. The van der Waals surface area contributed by atoms with Crippen LogP contribution < -0.4 is 10.3 Å². The molecule has 0 bridgehead atoms. The molecule has 1 N–H and O–H groups in total. The van der Waals surface area contributed by atoms with E-state index in [2.05, 4.69) is 10.5 Å². The average Bonchev–Trinajstić information content (AvgIpc) is 2.95. The molecule has 2 amide bonds. The van der Waals surface area contributed by atoms with Gasteiger partial charge in [0.1, 0.15) is 5.92 Å². The first-order valence-electron chi connectivity index (χ1n) is 9.49. The highest BCUT2D eigenvalue weighted by molar-refractivity contribution is 6.21. The standard InChI is InChI=1S/C22H22F3N3O2/c1-5-19(29)27-26-14(4)20-17-7-6-15(22(23,24)25)11-18(17)28(21(20)30)16-9-12(2)8-13(3)10-16/h6-11,20H,5H2,1-4H3,(H,27,29)/b26-14-. The minimum atomic E-state index is -4.54. The zero-order chi connectivity index (χ0) is 22.2. The van der Waals surface area contributed by atoms with Crippen LogP contribution >= 0.6 is 0 Å². The van der Waals surface area contributed by atoms with E-state index in [4.69, 9.17) is 0 Å². The van der Waals surface area contributed by atoms with Crippen LogP contribution in [0.15, 0.2) is 41.5 Å². The lowest BCUT2D eigenvalue weighted by Gasteiger charge is -2.20. The highest BCUT2D eigenvalue weighted by atomic mass is 19.4. The van der Waals surface area contributed by atoms with E-state index in [0.717, 1.165) is 23.3 Å². The summed E-state index contributed by atoms with van der Waals surface area (Å²) in [5, 5.41) is 4.01. The van der Waals surface area contributed by atoms with E-state index >= 15 is 0 Å². The summed E-state index contributed by atoms with van der Waals surface area (Å²) >= 11 is 0. The van der Waals surface area contributed by atoms with E-state index in [-0.39, 0.29) is 18.0 Å². The molecule has 0 saturated carbocycles. The molecule has 2 aromatic rings. The van der Waals surface area contributed by atoms with Gasteiger partial charge in [0, 0.05) is 12.1 Å². The van der Waals surface area contributed by atoms with Crippen molar-refractivity contribution in [3.05, 3.63) is 58.7 Å². The molecule has 0 radical (unpaired) electrons. The van der Waals surface area contributed by atoms with Crippen LogP contribution in [0.2, 0.25) is 0 Å². The Morgan fingerprint density at radius 3 is 2.33 bits per heavy atom. The smallest absolute Gasteiger partial charge is 0.280 e. The van der Waals surface area contributed by atoms with Gasteiger partial charge in [-0.25, -0.2) is 5.43 Å². The number of fused-ring (bicyclic) bond motifs is 1. The first-order chi connectivity index (χ1) is 14.0. The fourth-order valence-electron chi connectivity index (χ4n) is 3.58. The minimum Gasteiger partial charge on any atom is -0.280 e. The van der Waals surface area contributed by atoms with Crippen molar-refractivity contribution in [1.29, 1.82) is 0 Å². The van der Waals surface area contributed by atoms with E-state index in [0.29, 0.717) is 17.0 Å². The number of anilines is 2. The van der Waals surface area contributed by atoms with Crippen LogP contribution in [0.5, 0.6) is 0 Å². The number of hydrazone groups is 1. The van der Waals surface area contributed by atoms with Gasteiger partial charge >= 0.3 is 6.18 Å². The first kappa shape index (κ1) is 21.5. The van der Waals surface area contributed by atoms with Gasteiger partial charge in [0.15, 0.2) is 0 Å². The summed E-state index contributed by atoms with van der Waals surface area (Å²) < 4.78 is 40.0. The molecule has 158 valence electrons. The number of carbonyl (C=O) groups excluding carboxylic acids is 2. The number of halogens is 3. The van der Waals surface area contributed by atoms with Gasteiger partial charge in [-0.1, -0.05) is 19.1 Å². The maximum atomic E-state index is 13.4. The molecule has 8 heteroatoms. The van der Waals surface area contributed by atoms with Crippen molar-refractivity contribution in [3.63, 3.8) is 0 Å². The highest BCUT2D eigenvalue weighted by Crippen LogP contribution is 2.45. The Balaban J connectivity index is 2.16. The first-order valence-corrected chi connectivity index (χ1v) is 9.49. The molecular weight excluding hydrogens is 395 g/mol. The van der Waals surface area contributed by atoms with E-state index in [1.165, 1.54) is 11.0 Å². The zero-order valence-corrected chi connectivity index (χ0v) is 17.1. The number of nitrogens with one attached hydrogen (secondary N) is 1. The Morgan fingerprint density at radius 2 is 1.77 bits per heavy atom. The lowest BCUT2D eigenvalue weighted by molar-refractivity contribution is -0.137. The molecule has 0 aliphatic carbocycles. The van der Waals surface area contributed by atoms with Crippen LogP contribution in [0.3, 0.4) is 0 Å². The van der Waals surface area contributed by atoms with Gasteiger partial charge in [-0.05, 0) is 61.7 Å². The molecule has 30 heavy (non-hydrogen) atoms. The minimum absolute atomic E-state index is 0.168. The number of amides is 2. The molecule has 1 atom stereocenters. The third kappa shape index (κ3) is 4.08. The molecule has 2 aromatic carbocycles. The van der Waals surface area contributed by atoms with Crippen LogP contribution in [-0.4, -0.2) is 17.5 Å². The fraction of sp³-hybridized carbons (Fsp3) is 0.318. The summed E-state index contributed by atoms with van der Waals surface area (Å²) in [4.78, 5) is 26.2. The third-order valence-electron chi connectivity index (χ3n) is 4.94. The van der Waals surface area contributed by atoms with Gasteiger partial charge in [0.05, 0.1) is 17.0 Å². The summed E-state index contributed by atoms with van der Waals surface area (Å²) in [7, 11) is 0. The van der Waals surface area contributed by atoms with Crippen LogP contribution in [0.25, 0.3) is 0 Å². The number of rotatable bonds is 4. The Morgan fingerprint density at radius 1 is 1.13 bits per heavy atom. The van der Waals surface area contributed by atoms with Gasteiger partial charge in [0.2, 0.25) is 11.8 Å². The Labute approximate surface area is 172 Å². The van der Waals surface area contributed by atoms with Gasteiger partial charge in [-0.15, -0.1) is 0 Å². The van der Waals surface area contributed by atoms with Crippen LogP contribution in [0, 0.1) is 13.8 Å². The van der Waals surface area contributed by atoms with E-state index in [1.54, 1.807) is 26.0 Å². The predicted molar refractivity (Wildman–Crippen MR) is 109 cm³/mol. The monoisotopic (exact) mass is 417 g/mol. The molecule has 3 rings (SSSR count). The lowest BCUT2D eigenvalue weighted by Crippen LogP contribution is -2.28. The molecule has 5 nitrogen and oxygen atoms in total. The normalized spacial score (nSPS) is 16.6. The summed E-state index contributed by atoms with van der Waals surface area (Å²) in [6.45, 7) is 6.95. The summed E-state index contributed by atoms with van der Waals surface area (Å²) in [6, 6.07) is 8.68. The molecule has 0 aromatic heterocycles. The zero-order valence-electron chi connectivity index (χ0n) is 17.1. The maximum absolute atomic E-state index is 13.4. The second kappa shape index (κ2) is 7.93. The highest BCUT2D eigenvalue weighted by Gasteiger charge is 2.42. The molecule has 1 aliphatic heterocycles. The Kier molecular flexibility index (Phi) is 5.70. The second-order valence-electron chi connectivity index (χ2n) is 7.37. The summed E-state index contributed by atoms with van der Waals surface area (Å²) in [5.41, 5.74) is 4.68. The van der Waals surface area contributed by atoms with Crippen LogP contribution in [0.1, 0.15) is 48.4 Å². The van der Waals surface area contributed by atoms with Gasteiger partial charge in [0.25, 0.3) is 0 Å². The molecule has 0 spiro atoms. The van der Waals surface area contributed by atoms with E-state index < -0.39 is 23.6 Å². The number of aryl methyl sites for hydroxylation is 2. The van der Waals surface area contributed by atoms with Crippen molar-refractivity contribution in [2.24, 2.45) is 5.10 Å². The van der Waals surface area contributed by atoms with Crippen molar-refractivity contribution in [1.82, 2.24) is 5.43 Å². The summed E-state index contributed by atoms with van der Waals surface area (Å²) in [5.74, 6) is -1.62. The number of nitrogens with zero attached hydrogens (tertiary/aromatic N) is 2. The van der Waals surface area contributed by atoms with Crippen molar-refractivity contribution >= 4 is 28.9 Å². The topological polar surface area (TPSA) is 61.8 Å². The molecular formula is C22H22F3N3O2. The number of hydrogen-bond donors (Lipinski definition) is 1. The maximum Gasteiger partial charge on any atom is 0.416 e. The largest absolute Gasteiger partial charge is 0.416 e. The molecule has 0 saturated heterocycles. The van der Waals surface area contributed by atoms with Gasteiger partial charge in [-0.2, -0.15) is 18.3 Å². The van der Waals surface area contributed by atoms with Crippen molar-refractivity contribution in [2.75, 3.05) is 4.90 Å². The number of hydrogen-bond acceptors (Lipinski definition) is 3. The van der Waals surface area contributed by atoms with E-state index in [9.17, 15) is 22.8 Å². The third-order valence-corrected chi connectivity index (χ3v) is 4.94. The molecule has 1 heterocycles. The predicted octanol–water partition coefficient (Wildman–Crippen LogP) is 4.99. The average molecular weight is 417 g/mol.